The Morgan fingerprint density at radius 2 is 2.12 bits per heavy atom. The van der Waals surface area contributed by atoms with E-state index in [1.807, 2.05) is 6.07 Å². The second-order valence-corrected chi connectivity index (χ2v) is 5.44. The van der Waals surface area contributed by atoms with Crippen molar-refractivity contribution in [3.05, 3.63) is 45.7 Å². The van der Waals surface area contributed by atoms with E-state index in [1.165, 1.54) is 18.4 Å². The lowest BCUT2D eigenvalue weighted by atomic mass is 10.1. The monoisotopic (exact) mass is 308 g/mol. The fourth-order valence-corrected chi connectivity index (χ4v) is 2.15. The Labute approximate surface area is 113 Å². The molecule has 4 heteroatoms. The van der Waals surface area contributed by atoms with E-state index in [-0.39, 0.29) is 0 Å². The molecule has 2 aromatic rings. The van der Waals surface area contributed by atoms with Crippen LogP contribution in [-0.2, 0) is 0 Å². The highest BCUT2D eigenvalue weighted by Gasteiger charge is 2.23. The molecule has 0 N–H and O–H groups in total. The largest absolute Gasteiger partial charge is 0.235 e. The summed E-state index contributed by atoms with van der Waals surface area (Å²) in [6.45, 7) is 0. The van der Waals surface area contributed by atoms with Crippen LogP contribution in [0.15, 0.2) is 34.9 Å². The number of halogens is 2. The first kappa shape index (κ1) is 11.2. The number of aromatic nitrogens is 2. The van der Waals surface area contributed by atoms with Gasteiger partial charge in [0.15, 0.2) is 5.82 Å². The van der Waals surface area contributed by atoms with E-state index < -0.39 is 0 Å². The zero-order chi connectivity index (χ0) is 11.8. The van der Waals surface area contributed by atoms with E-state index in [1.54, 1.807) is 6.20 Å². The average Bonchev–Trinajstić information content (AvgIpc) is 3.17. The molecule has 0 spiro atoms. The molecule has 0 bridgehead atoms. The number of benzene rings is 1. The van der Waals surface area contributed by atoms with Crippen molar-refractivity contribution < 1.29 is 0 Å². The molecule has 2 nitrogen and oxygen atoms in total. The van der Waals surface area contributed by atoms with Gasteiger partial charge in [-0.1, -0.05) is 29.8 Å². The molecule has 1 aliphatic carbocycles. The van der Waals surface area contributed by atoms with Gasteiger partial charge in [-0.25, -0.2) is 9.97 Å². The fourth-order valence-electron chi connectivity index (χ4n) is 1.83. The smallest absolute Gasteiger partial charge is 0.160 e. The molecule has 86 valence electrons. The van der Waals surface area contributed by atoms with Crippen LogP contribution in [-0.4, -0.2) is 9.97 Å². The standard InChI is InChI=1S/C13H10BrClN2/c14-11-7-16-13(17-12(11)15)10-3-1-2-9(6-10)8-4-5-8/h1-3,6-8H,4-5H2. The van der Waals surface area contributed by atoms with Gasteiger partial charge in [-0.15, -0.1) is 0 Å². The summed E-state index contributed by atoms with van der Waals surface area (Å²) < 4.78 is 0.723. The van der Waals surface area contributed by atoms with Crippen molar-refractivity contribution in [1.82, 2.24) is 9.97 Å². The van der Waals surface area contributed by atoms with Crippen molar-refractivity contribution in [2.24, 2.45) is 0 Å². The van der Waals surface area contributed by atoms with Crippen molar-refractivity contribution in [3.63, 3.8) is 0 Å². The first-order valence-electron chi connectivity index (χ1n) is 5.52. The van der Waals surface area contributed by atoms with E-state index in [9.17, 15) is 0 Å². The Bertz CT molecular complexity index is 567. The normalized spacial score (nSPS) is 14.9. The third-order valence-electron chi connectivity index (χ3n) is 2.89. The molecule has 0 amide bonds. The minimum absolute atomic E-state index is 0.451. The molecule has 0 saturated heterocycles. The Balaban J connectivity index is 2.01. The molecule has 0 unspecified atom stereocenters. The number of hydrogen-bond donors (Lipinski definition) is 0. The molecular formula is C13H10BrClN2. The lowest BCUT2D eigenvalue weighted by Crippen LogP contribution is -1.91. The van der Waals surface area contributed by atoms with Gasteiger partial charge in [-0.3, -0.25) is 0 Å². The maximum atomic E-state index is 5.98. The van der Waals surface area contributed by atoms with Crippen molar-refractivity contribution in [3.8, 4) is 11.4 Å². The number of rotatable bonds is 2. The minimum Gasteiger partial charge on any atom is -0.235 e. The summed E-state index contributed by atoms with van der Waals surface area (Å²) in [6, 6.07) is 8.41. The molecule has 1 aliphatic rings. The van der Waals surface area contributed by atoms with Crippen molar-refractivity contribution >= 4 is 27.5 Å². The van der Waals surface area contributed by atoms with E-state index in [4.69, 9.17) is 11.6 Å². The highest BCUT2D eigenvalue weighted by molar-refractivity contribution is 9.10. The first-order chi connectivity index (χ1) is 8.24. The highest BCUT2D eigenvalue weighted by atomic mass is 79.9. The van der Waals surface area contributed by atoms with Gasteiger partial charge in [0.25, 0.3) is 0 Å². The molecule has 1 fully saturated rings. The molecule has 1 saturated carbocycles. The van der Waals surface area contributed by atoms with Gasteiger partial charge < -0.3 is 0 Å². The molecule has 3 rings (SSSR count). The van der Waals surface area contributed by atoms with Crippen LogP contribution in [0.3, 0.4) is 0 Å². The van der Waals surface area contributed by atoms with E-state index in [2.05, 4.69) is 44.1 Å². The van der Waals surface area contributed by atoms with Gasteiger partial charge in [-0.2, -0.15) is 0 Å². The molecule has 1 heterocycles. The zero-order valence-corrected chi connectivity index (χ0v) is 11.4. The van der Waals surface area contributed by atoms with E-state index in [0.29, 0.717) is 11.0 Å². The van der Waals surface area contributed by atoms with Crippen molar-refractivity contribution in [2.45, 2.75) is 18.8 Å². The van der Waals surface area contributed by atoms with Crippen LogP contribution in [0.25, 0.3) is 11.4 Å². The molecule has 0 radical (unpaired) electrons. The quantitative estimate of drug-likeness (QED) is 0.767. The topological polar surface area (TPSA) is 25.8 Å². The highest BCUT2D eigenvalue weighted by Crippen LogP contribution is 2.40. The molecule has 1 aromatic carbocycles. The lowest BCUT2D eigenvalue weighted by molar-refractivity contribution is 1.12. The molecule has 0 atom stereocenters. The number of nitrogens with zero attached hydrogens (tertiary/aromatic N) is 2. The summed E-state index contributed by atoms with van der Waals surface area (Å²) in [6.07, 6.45) is 4.28. The summed E-state index contributed by atoms with van der Waals surface area (Å²) in [4.78, 5) is 8.56. The predicted molar refractivity (Wildman–Crippen MR) is 72.2 cm³/mol. The Morgan fingerprint density at radius 3 is 2.82 bits per heavy atom. The second kappa shape index (κ2) is 4.39. The molecule has 17 heavy (non-hydrogen) atoms. The minimum atomic E-state index is 0.451. The molecule has 1 aromatic heterocycles. The Morgan fingerprint density at radius 1 is 1.29 bits per heavy atom. The van der Waals surface area contributed by atoms with Crippen LogP contribution in [0, 0.1) is 0 Å². The van der Waals surface area contributed by atoms with E-state index >= 15 is 0 Å². The summed E-state index contributed by atoms with van der Waals surface area (Å²) in [5.41, 5.74) is 2.41. The predicted octanol–water partition coefficient (Wildman–Crippen LogP) is 4.44. The number of hydrogen-bond acceptors (Lipinski definition) is 2. The SMILES string of the molecule is Clc1nc(-c2cccc(C3CC3)c2)ncc1Br. The third-order valence-corrected chi connectivity index (χ3v) is 3.99. The maximum absolute atomic E-state index is 5.98. The van der Waals surface area contributed by atoms with E-state index in [0.717, 1.165) is 16.0 Å². The second-order valence-electron chi connectivity index (χ2n) is 4.23. The van der Waals surface area contributed by atoms with Crippen molar-refractivity contribution in [2.75, 3.05) is 0 Å². The Hall–Kier alpha value is -0.930. The summed E-state index contributed by atoms with van der Waals surface area (Å²) in [5, 5.41) is 0.451. The molecular weight excluding hydrogens is 300 g/mol. The van der Waals surface area contributed by atoms with Crippen LogP contribution >= 0.6 is 27.5 Å². The average molecular weight is 310 g/mol. The van der Waals surface area contributed by atoms with Gasteiger partial charge in [0, 0.05) is 11.8 Å². The first-order valence-corrected chi connectivity index (χ1v) is 6.69. The van der Waals surface area contributed by atoms with Crippen LogP contribution in [0.1, 0.15) is 24.3 Å². The van der Waals surface area contributed by atoms with Gasteiger partial charge in [0.05, 0.1) is 4.47 Å². The summed E-state index contributed by atoms with van der Waals surface area (Å²) >= 11 is 9.27. The lowest BCUT2D eigenvalue weighted by Gasteiger charge is -2.04. The van der Waals surface area contributed by atoms with Gasteiger partial charge in [0.1, 0.15) is 5.15 Å². The summed E-state index contributed by atoms with van der Waals surface area (Å²) in [7, 11) is 0. The van der Waals surface area contributed by atoms with Crippen LogP contribution < -0.4 is 0 Å². The van der Waals surface area contributed by atoms with Crippen LogP contribution in [0.4, 0.5) is 0 Å². The van der Waals surface area contributed by atoms with Gasteiger partial charge >= 0.3 is 0 Å². The summed E-state index contributed by atoms with van der Waals surface area (Å²) in [5.74, 6) is 1.42. The van der Waals surface area contributed by atoms with Crippen LogP contribution in [0.2, 0.25) is 5.15 Å². The fraction of sp³-hybridized carbons (Fsp3) is 0.231. The maximum Gasteiger partial charge on any atom is 0.160 e. The van der Waals surface area contributed by atoms with Crippen molar-refractivity contribution in [1.29, 1.82) is 0 Å². The molecule has 0 aliphatic heterocycles. The Kier molecular flexibility index (Phi) is 2.89. The van der Waals surface area contributed by atoms with Gasteiger partial charge in [0.2, 0.25) is 0 Å². The third kappa shape index (κ3) is 2.35. The zero-order valence-electron chi connectivity index (χ0n) is 9.03. The van der Waals surface area contributed by atoms with Crippen LogP contribution in [0.5, 0.6) is 0 Å². The van der Waals surface area contributed by atoms with Gasteiger partial charge in [-0.05, 0) is 46.3 Å².